The van der Waals surface area contributed by atoms with E-state index < -0.39 is 12.0 Å². The van der Waals surface area contributed by atoms with Gasteiger partial charge in [-0.2, -0.15) is 0 Å². The van der Waals surface area contributed by atoms with Gasteiger partial charge in [0.05, 0.1) is 0 Å². The molecule has 0 spiro atoms. The van der Waals surface area contributed by atoms with E-state index >= 15 is 0 Å². The molecule has 2 fully saturated rings. The average molecular weight is 299 g/mol. The predicted molar refractivity (Wildman–Crippen MR) is 77.2 cm³/mol. The van der Waals surface area contributed by atoms with Crippen LogP contribution in [-0.4, -0.2) is 66.9 Å². The minimum Gasteiger partial charge on any atom is -0.480 e. The van der Waals surface area contributed by atoms with Crippen molar-refractivity contribution < 1.29 is 19.4 Å². The number of nitrogens with one attached hydrogen (secondary N) is 2. The number of aliphatic carboxylic acids is 1. The molecule has 2 saturated heterocycles. The first-order valence-corrected chi connectivity index (χ1v) is 7.64. The summed E-state index contributed by atoms with van der Waals surface area (Å²) in [6.45, 7) is 2.62. The van der Waals surface area contributed by atoms with Gasteiger partial charge in [-0.1, -0.05) is 0 Å². The van der Waals surface area contributed by atoms with Gasteiger partial charge in [-0.25, -0.2) is 9.59 Å². The summed E-state index contributed by atoms with van der Waals surface area (Å²) in [5, 5.41) is 14.6. The lowest BCUT2D eigenvalue weighted by molar-refractivity contribution is -0.139. The third-order valence-corrected chi connectivity index (χ3v) is 4.37. The highest BCUT2D eigenvalue weighted by Crippen LogP contribution is 2.27. The fourth-order valence-corrected chi connectivity index (χ4v) is 3.31. The maximum Gasteiger partial charge on any atom is 0.326 e. The number of hydrogen-bond acceptors (Lipinski definition) is 4. The van der Waals surface area contributed by atoms with Gasteiger partial charge in [0.1, 0.15) is 6.04 Å². The third kappa shape index (κ3) is 4.31. The minimum atomic E-state index is -1.00. The number of urea groups is 1. The molecule has 0 aliphatic carbocycles. The summed E-state index contributed by atoms with van der Waals surface area (Å²) in [4.78, 5) is 25.6. The fourth-order valence-electron chi connectivity index (χ4n) is 3.31. The Morgan fingerprint density at radius 3 is 2.90 bits per heavy atom. The van der Waals surface area contributed by atoms with Gasteiger partial charge in [-0.15, -0.1) is 0 Å². The molecule has 2 heterocycles. The Hall–Kier alpha value is -1.34. The standard InChI is InChI=1S/C14H25N3O4/c1-21-9-3-4-11(13(18)19)16-14(20)15-10-6-8-17-7-2-5-12(10)17/h10-12H,2-9H2,1H3,(H,18,19)(H2,15,16,20). The molecular formula is C14H25N3O4. The lowest BCUT2D eigenvalue weighted by Crippen LogP contribution is -2.51. The van der Waals surface area contributed by atoms with E-state index in [9.17, 15) is 9.59 Å². The first-order valence-electron chi connectivity index (χ1n) is 7.64. The first-order chi connectivity index (χ1) is 10.1. The van der Waals surface area contributed by atoms with E-state index in [1.54, 1.807) is 7.11 Å². The van der Waals surface area contributed by atoms with E-state index in [4.69, 9.17) is 9.84 Å². The van der Waals surface area contributed by atoms with Crippen molar-refractivity contribution in [2.45, 2.75) is 50.2 Å². The van der Waals surface area contributed by atoms with Crippen LogP contribution in [0.3, 0.4) is 0 Å². The predicted octanol–water partition coefficient (Wildman–Crippen LogP) is 0.402. The van der Waals surface area contributed by atoms with Gasteiger partial charge in [0.25, 0.3) is 0 Å². The van der Waals surface area contributed by atoms with E-state index in [0.29, 0.717) is 25.5 Å². The molecule has 21 heavy (non-hydrogen) atoms. The number of methoxy groups -OCH3 is 1. The normalized spacial score (nSPS) is 26.3. The monoisotopic (exact) mass is 299 g/mol. The molecule has 120 valence electrons. The Labute approximate surface area is 125 Å². The van der Waals surface area contributed by atoms with Crippen molar-refractivity contribution in [3.63, 3.8) is 0 Å². The Morgan fingerprint density at radius 1 is 1.38 bits per heavy atom. The number of carboxylic acid groups (broad SMARTS) is 1. The van der Waals surface area contributed by atoms with Gasteiger partial charge in [0, 0.05) is 32.3 Å². The Balaban J connectivity index is 1.77. The molecule has 0 radical (unpaired) electrons. The van der Waals surface area contributed by atoms with Crippen molar-refractivity contribution >= 4 is 12.0 Å². The molecule has 0 bridgehead atoms. The first kappa shape index (κ1) is 16.0. The Kier molecular flexibility index (Phi) is 5.81. The van der Waals surface area contributed by atoms with Crippen LogP contribution in [0.1, 0.15) is 32.1 Å². The largest absolute Gasteiger partial charge is 0.480 e. The fraction of sp³-hybridized carbons (Fsp3) is 0.857. The number of carboxylic acids is 1. The van der Waals surface area contributed by atoms with Gasteiger partial charge in [-0.05, 0) is 38.6 Å². The number of ether oxygens (including phenoxy) is 1. The van der Waals surface area contributed by atoms with Crippen LogP contribution in [0.15, 0.2) is 0 Å². The molecule has 2 aliphatic rings. The zero-order chi connectivity index (χ0) is 15.2. The summed E-state index contributed by atoms with van der Waals surface area (Å²) in [7, 11) is 1.57. The Morgan fingerprint density at radius 2 is 2.19 bits per heavy atom. The van der Waals surface area contributed by atoms with Crippen LogP contribution in [0.2, 0.25) is 0 Å². The maximum atomic E-state index is 12.0. The lowest BCUT2D eigenvalue weighted by Gasteiger charge is -2.22. The minimum absolute atomic E-state index is 0.140. The number of fused-ring (bicyclic) bond motifs is 1. The van der Waals surface area contributed by atoms with Gasteiger partial charge in [0.15, 0.2) is 0 Å². The van der Waals surface area contributed by atoms with Crippen LogP contribution in [0.4, 0.5) is 4.79 Å². The molecule has 3 atom stereocenters. The van der Waals surface area contributed by atoms with Gasteiger partial charge in [-0.3, -0.25) is 4.90 Å². The second-order valence-electron chi connectivity index (χ2n) is 5.78. The molecule has 3 N–H and O–H groups in total. The molecule has 2 aliphatic heterocycles. The molecule has 0 aromatic heterocycles. The smallest absolute Gasteiger partial charge is 0.326 e. The molecule has 2 amide bonds. The molecule has 0 saturated carbocycles. The summed E-state index contributed by atoms with van der Waals surface area (Å²) >= 11 is 0. The second-order valence-corrected chi connectivity index (χ2v) is 5.78. The second kappa shape index (κ2) is 7.61. The SMILES string of the molecule is COCCCC(NC(=O)NC1CCN2CCCC12)C(=O)O. The van der Waals surface area contributed by atoms with Crippen LogP contribution in [0.25, 0.3) is 0 Å². The number of carbonyl (C=O) groups excluding carboxylic acids is 1. The lowest BCUT2D eigenvalue weighted by atomic mass is 10.1. The average Bonchev–Trinajstić information content (AvgIpc) is 3.03. The number of carbonyl (C=O) groups is 2. The van der Waals surface area contributed by atoms with Crippen LogP contribution in [0, 0.1) is 0 Å². The maximum absolute atomic E-state index is 12.0. The van der Waals surface area contributed by atoms with Crippen molar-refractivity contribution in [2.24, 2.45) is 0 Å². The highest BCUT2D eigenvalue weighted by Gasteiger charge is 2.38. The van der Waals surface area contributed by atoms with Crippen LogP contribution < -0.4 is 10.6 Å². The molecular weight excluding hydrogens is 274 g/mol. The highest BCUT2D eigenvalue weighted by molar-refractivity contribution is 5.82. The van der Waals surface area contributed by atoms with Crippen LogP contribution >= 0.6 is 0 Å². The molecule has 7 heteroatoms. The van der Waals surface area contributed by atoms with E-state index in [-0.39, 0.29) is 12.1 Å². The van der Waals surface area contributed by atoms with Crippen molar-refractivity contribution in [2.75, 3.05) is 26.8 Å². The number of hydrogen-bond donors (Lipinski definition) is 3. The van der Waals surface area contributed by atoms with E-state index in [0.717, 1.165) is 25.9 Å². The summed E-state index contributed by atoms with van der Waals surface area (Å²) in [6.07, 6.45) is 4.21. The van der Waals surface area contributed by atoms with Crippen LogP contribution in [-0.2, 0) is 9.53 Å². The summed E-state index contributed by atoms with van der Waals surface area (Å²) in [5.74, 6) is -1.00. The topological polar surface area (TPSA) is 90.9 Å². The molecule has 0 aromatic rings. The molecule has 3 unspecified atom stereocenters. The number of rotatable bonds is 7. The quantitative estimate of drug-likeness (QED) is 0.592. The van der Waals surface area contributed by atoms with E-state index in [1.165, 1.54) is 6.42 Å². The van der Waals surface area contributed by atoms with E-state index in [1.807, 2.05) is 0 Å². The van der Waals surface area contributed by atoms with E-state index in [2.05, 4.69) is 15.5 Å². The number of amides is 2. The zero-order valence-electron chi connectivity index (χ0n) is 12.5. The van der Waals surface area contributed by atoms with Crippen molar-refractivity contribution in [1.29, 1.82) is 0 Å². The zero-order valence-corrected chi connectivity index (χ0v) is 12.5. The van der Waals surface area contributed by atoms with Gasteiger partial charge >= 0.3 is 12.0 Å². The summed E-state index contributed by atoms with van der Waals surface area (Å²) in [5.41, 5.74) is 0. The van der Waals surface area contributed by atoms with Gasteiger partial charge < -0.3 is 20.5 Å². The number of nitrogens with zero attached hydrogens (tertiary/aromatic N) is 1. The summed E-state index contributed by atoms with van der Waals surface area (Å²) < 4.78 is 4.91. The molecule has 2 rings (SSSR count). The van der Waals surface area contributed by atoms with Gasteiger partial charge in [0.2, 0.25) is 0 Å². The summed E-state index contributed by atoms with van der Waals surface area (Å²) in [6, 6.07) is -0.673. The van der Waals surface area contributed by atoms with Crippen molar-refractivity contribution in [3.8, 4) is 0 Å². The Bertz CT molecular complexity index is 377. The third-order valence-electron chi connectivity index (χ3n) is 4.37. The highest BCUT2D eigenvalue weighted by atomic mass is 16.5. The van der Waals surface area contributed by atoms with Crippen molar-refractivity contribution in [3.05, 3.63) is 0 Å². The van der Waals surface area contributed by atoms with Crippen molar-refractivity contribution in [1.82, 2.24) is 15.5 Å². The molecule has 7 nitrogen and oxygen atoms in total. The molecule has 0 aromatic carbocycles. The van der Waals surface area contributed by atoms with Crippen LogP contribution in [0.5, 0.6) is 0 Å².